The first-order valence-electron chi connectivity index (χ1n) is 9.73. The zero-order valence-electron chi connectivity index (χ0n) is 17.0. The molecule has 31 heavy (non-hydrogen) atoms. The van der Waals surface area contributed by atoms with Crippen LogP contribution in [0.2, 0.25) is 5.02 Å². The van der Waals surface area contributed by atoms with Gasteiger partial charge in [-0.25, -0.2) is 9.67 Å². The van der Waals surface area contributed by atoms with Gasteiger partial charge in [0.1, 0.15) is 0 Å². The number of fused-ring (bicyclic) bond motifs is 3. The number of nitrogen functional groups attached to an aromatic ring is 1. The molecule has 5 rings (SSSR count). The topological polar surface area (TPSA) is 89.9 Å². The largest absolute Gasteiger partial charge is 0.375 e. The Morgan fingerprint density at radius 1 is 1.26 bits per heavy atom. The summed E-state index contributed by atoms with van der Waals surface area (Å²) in [6.07, 6.45) is 5.15. The molecule has 9 heteroatoms. The van der Waals surface area contributed by atoms with E-state index in [1.54, 1.807) is 32.4 Å². The fraction of sp³-hybridized carbons (Fsp3) is 0.182. The lowest BCUT2D eigenvalue weighted by molar-refractivity contribution is 0.0827. The Morgan fingerprint density at radius 2 is 2.10 bits per heavy atom. The van der Waals surface area contributed by atoms with E-state index in [9.17, 15) is 4.79 Å². The highest BCUT2D eigenvalue weighted by Crippen LogP contribution is 2.44. The summed E-state index contributed by atoms with van der Waals surface area (Å²) in [6.45, 7) is 0. The number of thiazole rings is 1. The maximum absolute atomic E-state index is 12.4. The van der Waals surface area contributed by atoms with Crippen LogP contribution in [-0.4, -0.2) is 44.7 Å². The van der Waals surface area contributed by atoms with Gasteiger partial charge in [0.15, 0.2) is 5.13 Å². The molecule has 1 aliphatic rings. The van der Waals surface area contributed by atoms with Gasteiger partial charge in [0.2, 0.25) is 0 Å². The number of anilines is 1. The number of halogens is 1. The van der Waals surface area contributed by atoms with Gasteiger partial charge in [-0.2, -0.15) is 5.10 Å². The van der Waals surface area contributed by atoms with E-state index in [0.29, 0.717) is 21.4 Å². The summed E-state index contributed by atoms with van der Waals surface area (Å²) >= 11 is 8.12. The molecule has 0 unspecified atom stereocenters. The lowest BCUT2D eigenvalue weighted by Gasteiger charge is -2.16. The highest BCUT2D eigenvalue weighted by atomic mass is 35.5. The van der Waals surface area contributed by atoms with Gasteiger partial charge in [-0.1, -0.05) is 22.9 Å². The van der Waals surface area contributed by atoms with E-state index in [1.165, 1.54) is 16.2 Å². The number of amides is 1. The van der Waals surface area contributed by atoms with Gasteiger partial charge < -0.3 is 10.6 Å². The fourth-order valence-electron chi connectivity index (χ4n) is 3.87. The molecule has 0 aliphatic heterocycles. The van der Waals surface area contributed by atoms with Gasteiger partial charge in [-0.15, -0.1) is 0 Å². The van der Waals surface area contributed by atoms with Gasteiger partial charge >= 0.3 is 0 Å². The molecule has 0 atom stereocenters. The van der Waals surface area contributed by atoms with Crippen molar-refractivity contribution in [3.8, 4) is 27.5 Å². The van der Waals surface area contributed by atoms with E-state index in [4.69, 9.17) is 22.4 Å². The number of carbonyl (C=O) groups is 1. The van der Waals surface area contributed by atoms with E-state index < -0.39 is 0 Å². The average Bonchev–Trinajstić information content (AvgIpc) is 3.33. The van der Waals surface area contributed by atoms with Crippen LogP contribution in [0, 0.1) is 0 Å². The first kappa shape index (κ1) is 19.7. The molecule has 7 nitrogen and oxygen atoms in total. The summed E-state index contributed by atoms with van der Waals surface area (Å²) in [7, 11) is 3.42. The minimum absolute atomic E-state index is 0.107. The normalized spacial score (nSPS) is 12.4. The third-order valence-corrected chi connectivity index (χ3v) is 6.52. The van der Waals surface area contributed by atoms with Crippen molar-refractivity contribution in [3.05, 3.63) is 64.6 Å². The third-order valence-electron chi connectivity index (χ3n) is 5.29. The van der Waals surface area contributed by atoms with Crippen molar-refractivity contribution in [3.63, 3.8) is 0 Å². The van der Waals surface area contributed by atoms with Crippen molar-refractivity contribution in [1.82, 2.24) is 24.6 Å². The van der Waals surface area contributed by atoms with Crippen LogP contribution < -0.4 is 5.73 Å². The molecule has 0 saturated heterocycles. The van der Waals surface area contributed by atoms with Crippen molar-refractivity contribution in [2.24, 2.45) is 0 Å². The van der Waals surface area contributed by atoms with Crippen LogP contribution in [-0.2, 0) is 12.8 Å². The van der Waals surface area contributed by atoms with Crippen molar-refractivity contribution < 1.29 is 4.79 Å². The summed E-state index contributed by atoms with van der Waals surface area (Å²) in [6, 6.07) is 9.18. The van der Waals surface area contributed by atoms with Crippen molar-refractivity contribution >= 4 is 34.0 Å². The molecule has 3 heterocycles. The predicted octanol–water partition coefficient (Wildman–Crippen LogP) is 4.09. The highest BCUT2D eigenvalue weighted by Gasteiger charge is 2.30. The fourth-order valence-corrected chi connectivity index (χ4v) is 5.06. The van der Waals surface area contributed by atoms with Crippen LogP contribution in [0.5, 0.6) is 0 Å². The summed E-state index contributed by atoms with van der Waals surface area (Å²) < 4.78 is 1.85. The van der Waals surface area contributed by atoms with Gasteiger partial charge in [0, 0.05) is 43.2 Å². The molecule has 0 radical (unpaired) electrons. The third kappa shape index (κ3) is 3.28. The van der Waals surface area contributed by atoms with Gasteiger partial charge in [-0.05, 0) is 43.2 Å². The predicted molar refractivity (Wildman–Crippen MR) is 123 cm³/mol. The SMILES string of the molecule is CN(C)C(=O)c1ccc(-n2nc(-c3cccnc3)c3c2-c2sc(N)nc2CC3)c(Cl)c1. The molecule has 0 saturated carbocycles. The van der Waals surface area contributed by atoms with Gasteiger partial charge in [-0.3, -0.25) is 9.78 Å². The molecule has 3 aromatic heterocycles. The smallest absolute Gasteiger partial charge is 0.253 e. The standard InChI is InChI=1S/C22H19ClN6OS/c1-28(2)21(30)12-5-8-17(15(23)10-12)29-19-14(6-7-16-20(19)31-22(24)26-16)18(27-29)13-4-3-9-25-11-13/h3-5,8-11H,6-7H2,1-2H3,(H2,24,26). The number of rotatable bonds is 3. The average molecular weight is 451 g/mol. The second-order valence-electron chi connectivity index (χ2n) is 7.52. The van der Waals surface area contributed by atoms with Crippen LogP contribution in [0.15, 0.2) is 42.7 Å². The van der Waals surface area contributed by atoms with Crippen molar-refractivity contribution in [2.75, 3.05) is 19.8 Å². The number of carbonyl (C=O) groups excluding carboxylic acids is 1. The Kier molecular flexibility index (Phi) is 4.75. The van der Waals surface area contributed by atoms with Crippen LogP contribution in [0.4, 0.5) is 5.13 Å². The van der Waals surface area contributed by atoms with E-state index in [2.05, 4.69) is 9.97 Å². The highest BCUT2D eigenvalue weighted by molar-refractivity contribution is 7.18. The lowest BCUT2D eigenvalue weighted by Crippen LogP contribution is -2.21. The van der Waals surface area contributed by atoms with Gasteiger partial charge in [0.05, 0.1) is 32.7 Å². The quantitative estimate of drug-likeness (QED) is 0.507. The molecular weight excluding hydrogens is 432 g/mol. The Bertz CT molecular complexity index is 1310. The molecule has 0 spiro atoms. The molecular formula is C22H19ClN6OS. The zero-order valence-corrected chi connectivity index (χ0v) is 18.5. The Balaban J connectivity index is 1.73. The monoisotopic (exact) mass is 450 g/mol. The number of hydrogen-bond donors (Lipinski definition) is 1. The van der Waals surface area contributed by atoms with Crippen LogP contribution in [0.25, 0.3) is 27.5 Å². The number of nitrogens with zero attached hydrogens (tertiary/aromatic N) is 5. The molecule has 1 aliphatic carbocycles. The van der Waals surface area contributed by atoms with E-state index in [-0.39, 0.29) is 5.91 Å². The van der Waals surface area contributed by atoms with Gasteiger partial charge in [0.25, 0.3) is 5.91 Å². The lowest BCUT2D eigenvalue weighted by atomic mass is 9.95. The zero-order chi connectivity index (χ0) is 21.7. The summed E-state index contributed by atoms with van der Waals surface area (Å²) in [5.41, 5.74) is 12.1. The van der Waals surface area contributed by atoms with Crippen molar-refractivity contribution in [2.45, 2.75) is 12.8 Å². The maximum atomic E-state index is 12.4. The molecule has 1 amide bonds. The molecule has 4 aromatic rings. The number of aryl methyl sites for hydroxylation is 1. The molecule has 1 aromatic carbocycles. The number of nitrogens with two attached hydrogens (primary N) is 1. The summed E-state index contributed by atoms with van der Waals surface area (Å²) in [4.78, 5) is 23.6. The number of pyridine rings is 1. The van der Waals surface area contributed by atoms with E-state index in [0.717, 1.165) is 45.9 Å². The second kappa shape index (κ2) is 7.47. The Labute approximate surface area is 188 Å². The van der Waals surface area contributed by atoms with Crippen LogP contribution >= 0.6 is 22.9 Å². The van der Waals surface area contributed by atoms with Crippen LogP contribution in [0.3, 0.4) is 0 Å². The van der Waals surface area contributed by atoms with Crippen LogP contribution in [0.1, 0.15) is 21.6 Å². The summed E-state index contributed by atoms with van der Waals surface area (Å²) in [5.74, 6) is -0.107. The van der Waals surface area contributed by atoms with Crippen molar-refractivity contribution in [1.29, 1.82) is 0 Å². The minimum atomic E-state index is -0.107. The second-order valence-corrected chi connectivity index (χ2v) is 8.96. The molecule has 2 N–H and O–H groups in total. The minimum Gasteiger partial charge on any atom is -0.375 e. The number of aromatic nitrogens is 4. The summed E-state index contributed by atoms with van der Waals surface area (Å²) in [5, 5.41) is 5.92. The first-order chi connectivity index (χ1) is 14.9. The van der Waals surface area contributed by atoms with E-state index in [1.807, 2.05) is 29.1 Å². The first-order valence-corrected chi connectivity index (χ1v) is 10.9. The Morgan fingerprint density at radius 3 is 2.81 bits per heavy atom. The maximum Gasteiger partial charge on any atom is 0.253 e. The molecule has 0 fully saturated rings. The number of benzene rings is 1. The number of hydrogen-bond acceptors (Lipinski definition) is 6. The Hall–Kier alpha value is -3.23. The molecule has 156 valence electrons. The molecule has 0 bridgehead atoms. The van der Waals surface area contributed by atoms with E-state index >= 15 is 0 Å².